The van der Waals surface area contributed by atoms with Crippen molar-refractivity contribution in [2.45, 2.75) is 0 Å². The van der Waals surface area contributed by atoms with Gasteiger partial charge in [-0.1, -0.05) is 66.4 Å². The van der Waals surface area contributed by atoms with E-state index in [0.29, 0.717) is 0 Å². The van der Waals surface area contributed by atoms with Crippen LogP contribution in [0.5, 0.6) is 0 Å². The number of rotatable bonds is 4. The summed E-state index contributed by atoms with van der Waals surface area (Å²) in [6.07, 6.45) is 3.71. The molecule has 3 aromatic rings. The molecule has 0 amide bonds. The highest BCUT2D eigenvalue weighted by molar-refractivity contribution is 6.58. The number of aromatic nitrogens is 2. The molecule has 0 atom stereocenters. The monoisotopic (exact) mass is 276 g/mol. The van der Waals surface area contributed by atoms with Crippen LogP contribution in [0, 0.1) is 0 Å². The maximum atomic E-state index is 4.34. The maximum absolute atomic E-state index is 4.34. The van der Waals surface area contributed by atoms with E-state index in [-0.39, 0.29) is 0 Å². The molecule has 1 heterocycles. The van der Waals surface area contributed by atoms with Crippen LogP contribution in [-0.2, 0) is 0 Å². The predicted octanol–water partition coefficient (Wildman–Crippen LogP) is 2.29. The minimum Gasteiger partial charge on any atom is -0.353 e. The second kappa shape index (κ2) is 6.17. The number of nitrogens with zero attached hydrogens (tertiary/aromatic N) is 1. The Labute approximate surface area is 121 Å². The summed E-state index contributed by atoms with van der Waals surface area (Å²) >= 11 is 0. The van der Waals surface area contributed by atoms with E-state index >= 15 is 0 Å². The highest BCUT2D eigenvalue weighted by Gasteiger charge is 2.04. The average Bonchev–Trinajstić information content (AvgIpc) is 3.03. The van der Waals surface area contributed by atoms with Crippen molar-refractivity contribution in [2.24, 2.45) is 0 Å². The van der Waals surface area contributed by atoms with Gasteiger partial charge in [-0.05, 0) is 16.7 Å². The van der Waals surface area contributed by atoms with E-state index in [2.05, 4.69) is 76.3 Å². The normalized spacial score (nSPS) is 10.8. The SMILES string of the molecule is C([SiH2]c1ncc[nH]1)=C(c1ccccc1)c1ccccc1. The maximum Gasteiger partial charge on any atom is 0.124 e. The Hall–Kier alpha value is -2.39. The Kier molecular flexibility index (Phi) is 3.90. The molecule has 20 heavy (non-hydrogen) atoms. The average molecular weight is 276 g/mol. The van der Waals surface area contributed by atoms with E-state index in [4.69, 9.17) is 0 Å². The number of aromatic amines is 1. The zero-order valence-electron chi connectivity index (χ0n) is 11.2. The second-order valence-electron chi connectivity index (χ2n) is 4.59. The standard InChI is InChI=1S/C17H16N2Si/c1-3-7-14(8-4-1)16(15-9-5-2-6-10-15)13-20-17-18-11-12-19-17/h1-13H,20H2,(H,18,19). The predicted molar refractivity (Wildman–Crippen MR) is 86.7 cm³/mol. The van der Waals surface area contributed by atoms with Gasteiger partial charge in [-0.25, -0.2) is 4.98 Å². The fourth-order valence-corrected chi connectivity index (χ4v) is 3.56. The van der Waals surface area contributed by atoms with E-state index in [0.717, 1.165) is 5.45 Å². The van der Waals surface area contributed by atoms with E-state index in [1.807, 2.05) is 12.4 Å². The highest BCUT2D eigenvalue weighted by atomic mass is 28.2. The van der Waals surface area contributed by atoms with Crippen molar-refractivity contribution in [3.63, 3.8) is 0 Å². The van der Waals surface area contributed by atoms with Crippen LogP contribution in [0.2, 0.25) is 0 Å². The number of benzene rings is 2. The van der Waals surface area contributed by atoms with Crippen LogP contribution in [0.15, 0.2) is 78.8 Å². The van der Waals surface area contributed by atoms with Crippen molar-refractivity contribution >= 4 is 20.5 Å². The lowest BCUT2D eigenvalue weighted by Crippen LogP contribution is -2.16. The van der Waals surface area contributed by atoms with Crippen molar-refractivity contribution in [3.8, 4) is 0 Å². The Morgan fingerprint density at radius 2 is 1.50 bits per heavy atom. The summed E-state index contributed by atoms with van der Waals surface area (Å²) in [7, 11) is -0.533. The van der Waals surface area contributed by atoms with Gasteiger partial charge in [0, 0.05) is 12.4 Å². The summed E-state index contributed by atoms with van der Waals surface area (Å²) in [6, 6.07) is 21.1. The number of hydrogen-bond acceptors (Lipinski definition) is 1. The molecule has 3 heteroatoms. The quantitative estimate of drug-likeness (QED) is 0.728. The third-order valence-electron chi connectivity index (χ3n) is 3.22. The van der Waals surface area contributed by atoms with E-state index < -0.39 is 9.52 Å². The molecule has 0 unspecified atom stereocenters. The lowest BCUT2D eigenvalue weighted by molar-refractivity contribution is 1.40. The van der Waals surface area contributed by atoms with Gasteiger partial charge in [0.25, 0.3) is 0 Å². The van der Waals surface area contributed by atoms with E-state index in [1.54, 1.807) is 0 Å². The van der Waals surface area contributed by atoms with Gasteiger partial charge in [-0.2, -0.15) is 0 Å². The molecule has 0 aliphatic heterocycles. The lowest BCUT2D eigenvalue weighted by atomic mass is 10.00. The molecule has 0 aliphatic carbocycles. The zero-order chi connectivity index (χ0) is 13.6. The van der Waals surface area contributed by atoms with Gasteiger partial charge < -0.3 is 4.98 Å². The van der Waals surface area contributed by atoms with Crippen LogP contribution < -0.4 is 5.45 Å². The molecule has 0 radical (unpaired) electrons. The Morgan fingerprint density at radius 1 is 0.900 bits per heavy atom. The molecule has 0 saturated carbocycles. The number of hydrogen-bond donors (Lipinski definition) is 1. The lowest BCUT2D eigenvalue weighted by Gasteiger charge is -2.08. The molecule has 0 bridgehead atoms. The number of imidazole rings is 1. The second-order valence-corrected chi connectivity index (χ2v) is 6.08. The molecule has 0 saturated heterocycles. The van der Waals surface area contributed by atoms with Crippen molar-refractivity contribution in [1.29, 1.82) is 0 Å². The summed E-state index contributed by atoms with van der Waals surface area (Å²) in [5.74, 6) is 0. The fraction of sp³-hybridized carbons (Fsp3) is 0. The molecule has 3 rings (SSSR count). The first-order chi connectivity index (χ1) is 9.93. The summed E-state index contributed by atoms with van der Waals surface area (Å²) in [6.45, 7) is 0. The largest absolute Gasteiger partial charge is 0.353 e. The van der Waals surface area contributed by atoms with E-state index in [9.17, 15) is 0 Å². The minimum atomic E-state index is -0.533. The Balaban J connectivity index is 1.98. The highest BCUT2D eigenvalue weighted by Crippen LogP contribution is 2.22. The molecule has 98 valence electrons. The van der Waals surface area contributed by atoms with Gasteiger partial charge in [0.05, 0.1) is 5.45 Å². The molecule has 1 aromatic heterocycles. The van der Waals surface area contributed by atoms with Crippen LogP contribution >= 0.6 is 0 Å². The number of nitrogens with one attached hydrogen (secondary N) is 1. The Bertz CT molecular complexity index is 632. The van der Waals surface area contributed by atoms with Crippen LogP contribution in [0.1, 0.15) is 11.1 Å². The topological polar surface area (TPSA) is 28.7 Å². The van der Waals surface area contributed by atoms with Crippen molar-refractivity contribution in [1.82, 2.24) is 9.97 Å². The van der Waals surface area contributed by atoms with Gasteiger partial charge in [0.2, 0.25) is 0 Å². The molecule has 0 spiro atoms. The minimum absolute atomic E-state index is 0.533. The summed E-state index contributed by atoms with van der Waals surface area (Å²) in [5, 5.41) is 0. The van der Waals surface area contributed by atoms with Gasteiger partial charge in [-0.3, -0.25) is 0 Å². The molecule has 1 N–H and O–H groups in total. The molecular formula is C17H16N2Si. The molecule has 2 nitrogen and oxygen atoms in total. The van der Waals surface area contributed by atoms with Gasteiger partial charge in [0.1, 0.15) is 9.52 Å². The first-order valence-electron chi connectivity index (χ1n) is 6.73. The van der Waals surface area contributed by atoms with Crippen molar-refractivity contribution in [3.05, 3.63) is 89.9 Å². The van der Waals surface area contributed by atoms with Crippen LogP contribution in [0.4, 0.5) is 0 Å². The van der Waals surface area contributed by atoms with Crippen molar-refractivity contribution < 1.29 is 0 Å². The molecular weight excluding hydrogens is 260 g/mol. The fourth-order valence-electron chi connectivity index (χ4n) is 2.25. The zero-order valence-corrected chi connectivity index (χ0v) is 12.6. The van der Waals surface area contributed by atoms with E-state index in [1.165, 1.54) is 16.7 Å². The molecule has 0 aliphatic rings. The molecule has 2 aromatic carbocycles. The van der Waals surface area contributed by atoms with Gasteiger partial charge in [0.15, 0.2) is 0 Å². The first kappa shape index (κ1) is 12.6. The van der Waals surface area contributed by atoms with Crippen LogP contribution in [0.3, 0.4) is 0 Å². The third-order valence-corrected chi connectivity index (χ3v) is 4.61. The first-order valence-corrected chi connectivity index (χ1v) is 8.25. The summed E-state index contributed by atoms with van der Waals surface area (Å²) in [5.41, 5.74) is 7.31. The summed E-state index contributed by atoms with van der Waals surface area (Å²) in [4.78, 5) is 7.54. The third kappa shape index (κ3) is 2.95. The van der Waals surface area contributed by atoms with Crippen LogP contribution in [0.25, 0.3) is 5.57 Å². The van der Waals surface area contributed by atoms with Gasteiger partial charge in [-0.15, -0.1) is 0 Å². The Morgan fingerprint density at radius 3 is 2.00 bits per heavy atom. The van der Waals surface area contributed by atoms with Gasteiger partial charge >= 0.3 is 0 Å². The van der Waals surface area contributed by atoms with Crippen molar-refractivity contribution in [2.75, 3.05) is 0 Å². The van der Waals surface area contributed by atoms with Crippen LogP contribution in [-0.4, -0.2) is 19.5 Å². The summed E-state index contributed by atoms with van der Waals surface area (Å²) < 4.78 is 0. The number of H-pyrrole nitrogens is 1. The smallest absolute Gasteiger partial charge is 0.124 e. The molecule has 0 fully saturated rings.